The van der Waals surface area contributed by atoms with E-state index < -0.39 is 11.7 Å². The second-order valence-corrected chi connectivity index (χ2v) is 5.72. The average molecular weight is 348 g/mol. The van der Waals surface area contributed by atoms with Gasteiger partial charge in [-0.2, -0.15) is 18.3 Å². The summed E-state index contributed by atoms with van der Waals surface area (Å²) in [4.78, 5) is 18.4. The van der Waals surface area contributed by atoms with Crippen molar-refractivity contribution in [3.05, 3.63) is 70.0 Å². The molecule has 130 valence electrons. The Kier molecular flexibility index (Phi) is 4.20. The van der Waals surface area contributed by atoms with Gasteiger partial charge in [-0.1, -0.05) is 12.1 Å². The van der Waals surface area contributed by atoms with Gasteiger partial charge in [0.2, 0.25) is 0 Å². The molecule has 1 aromatic carbocycles. The van der Waals surface area contributed by atoms with E-state index in [2.05, 4.69) is 15.1 Å². The second-order valence-electron chi connectivity index (χ2n) is 5.72. The van der Waals surface area contributed by atoms with Gasteiger partial charge in [0.15, 0.2) is 0 Å². The maximum absolute atomic E-state index is 12.6. The van der Waals surface area contributed by atoms with Gasteiger partial charge in [-0.25, -0.2) is 4.98 Å². The lowest BCUT2D eigenvalue weighted by Gasteiger charge is -2.14. The fraction of sp³-hybridized carbons (Fsp3) is 0.235. The molecule has 5 nitrogen and oxygen atoms in total. The lowest BCUT2D eigenvalue weighted by Crippen LogP contribution is -2.09. The highest BCUT2D eigenvalue weighted by Crippen LogP contribution is 2.30. The van der Waals surface area contributed by atoms with E-state index in [4.69, 9.17) is 0 Å². The van der Waals surface area contributed by atoms with Gasteiger partial charge in [0, 0.05) is 17.8 Å². The molecule has 0 fully saturated rings. The Morgan fingerprint density at radius 2 is 1.88 bits per heavy atom. The van der Waals surface area contributed by atoms with Gasteiger partial charge in [0.25, 0.3) is 5.56 Å². The first kappa shape index (κ1) is 16.9. The Labute approximate surface area is 141 Å². The van der Waals surface area contributed by atoms with Crippen LogP contribution in [0.4, 0.5) is 13.2 Å². The molecule has 2 aromatic heterocycles. The number of aromatic nitrogens is 4. The number of hydrogen-bond acceptors (Lipinski definition) is 3. The summed E-state index contributed by atoms with van der Waals surface area (Å²) in [5.74, 6) is 0.492. The molecule has 25 heavy (non-hydrogen) atoms. The molecule has 8 heteroatoms. The number of benzene rings is 1. The molecule has 3 rings (SSSR count). The number of aromatic amines is 1. The fourth-order valence-corrected chi connectivity index (χ4v) is 2.51. The Bertz CT molecular complexity index is 942. The third-order valence-corrected chi connectivity index (χ3v) is 3.87. The zero-order chi connectivity index (χ0) is 18.2. The molecule has 0 radical (unpaired) electrons. The van der Waals surface area contributed by atoms with Crippen LogP contribution in [-0.4, -0.2) is 19.7 Å². The van der Waals surface area contributed by atoms with Crippen molar-refractivity contribution in [1.29, 1.82) is 0 Å². The van der Waals surface area contributed by atoms with Crippen LogP contribution < -0.4 is 5.56 Å². The van der Waals surface area contributed by atoms with Gasteiger partial charge in [-0.15, -0.1) is 0 Å². The van der Waals surface area contributed by atoms with Crippen LogP contribution in [0.1, 0.15) is 29.9 Å². The summed E-state index contributed by atoms with van der Waals surface area (Å²) in [6, 6.07) is 6.08. The second kappa shape index (κ2) is 6.19. The van der Waals surface area contributed by atoms with Crippen LogP contribution in [0.25, 0.3) is 11.3 Å². The summed E-state index contributed by atoms with van der Waals surface area (Å²) in [5, 5.41) is 4.24. The van der Waals surface area contributed by atoms with Crippen molar-refractivity contribution in [3.63, 3.8) is 0 Å². The predicted molar refractivity (Wildman–Crippen MR) is 86.1 cm³/mol. The molecule has 1 N–H and O–H groups in total. The minimum atomic E-state index is -4.36. The highest BCUT2D eigenvalue weighted by atomic mass is 19.4. The minimum absolute atomic E-state index is 0.258. The van der Waals surface area contributed by atoms with Crippen molar-refractivity contribution in [2.24, 2.45) is 0 Å². The summed E-state index contributed by atoms with van der Waals surface area (Å²) in [7, 11) is 0. The molecule has 0 spiro atoms. The Morgan fingerprint density at radius 3 is 2.48 bits per heavy atom. The van der Waals surface area contributed by atoms with E-state index in [1.54, 1.807) is 24.0 Å². The number of aryl methyl sites for hydroxylation is 1. The fourth-order valence-electron chi connectivity index (χ4n) is 2.51. The third-order valence-electron chi connectivity index (χ3n) is 3.87. The van der Waals surface area contributed by atoms with Gasteiger partial charge < -0.3 is 4.98 Å². The number of halogens is 3. The summed E-state index contributed by atoms with van der Waals surface area (Å²) < 4.78 is 39.6. The van der Waals surface area contributed by atoms with E-state index in [0.29, 0.717) is 22.6 Å². The standard InChI is InChI=1S/C17H15F3N4O/c1-10(12-3-5-14(6-4-12)17(18,19)20)24-9-13(8-21-24)15-7-16(25)23-11(2)22-15/h3-10H,1-2H3,(H,22,23,25). The first-order chi connectivity index (χ1) is 11.7. The zero-order valence-corrected chi connectivity index (χ0v) is 13.5. The van der Waals surface area contributed by atoms with Gasteiger partial charge >= 0.3 is 6.18 Å². The van der Waals surface area contributed by atoms with Crippen LogP contribution in [-0.2, 0) is 6.18 Å². The van der Waals surface area contributed by atoms with Crippen molar-refractivity contribution in [2.45, 2.75) is 26.1 Å². The van der Waals surface area contributed by atoms with Gasteiger partial charge in [-0.3, -0.25) is 9.48 Å². The van der Waals surface area contributed by atoms with Crippen molar-refractivity contribution >= 4 is 0 Å². The molecule has 0 bridgehead atoms. The Morgan fingerprint density at radius 1 is 1.20 bits per heavy atom. The number of alkyl halides is 3. The van der Waals surface area contributed by atoms with E-state index in [1.807, 2.05) is 6.92 Å². The first-order valence-electron chi connectivity index (χ1n) is 7.53. The van der Waals surface area contributed by atoms with Crippen LogP contribution in [0.15, 0.2) is 47.5 Å². The molecule has 0 saturated carbocycles. The van der Waals surface area contributed by atoms with Gasteiger partial charge in [0.1, 0.15) is 5.82 Å². The third kappa shape index (κ3) is 3.62. The Hall–Kier alpha value is -2.90. The molecule has 2 heterocycles. The molecule has 0 saturated heterocycles. The van der Waals surface area contributed by atoms with Crippen LogP contribution in [0, 0.1) is 6.92 Å². The van der Waals surface area contributed by atoms with E-state index in [-0.39, 0.29) is 11.6 Å². The topological polar surface area (TPSA) is 63.6 Å². The molecule has 1 unspecified atom stereocenters. The number of nitrogens with zero attached hydrogens (tertiary/aromatic N) is 3. The predicted octanol–water partition coefficient (Wildman–Crippen LogP) is 3.57. The summed E-state index contributed by atoms with van der Waals surface area (Å²) in [6.45, 7) is 3.51. The highest BCUT2D eigenvalue weighted by molar-refractivity contribution is 5.56. The van der Waals surface area contributed by atoms with Crippen molar-refractivity contribution < 1.29 is 13.2 Å². The number of hydrogen-bond donors (Lipinski definition) is 1. The van der Waals surface area contributed by atoms with Crippen LogP contribution in [0.3, 0.4) is 0 Å². The van der Waals surface area contributed by atoms with Gasteiger partial charge in [-0.05, 0) is 31.5 Å². The summed E-state index contributed by atoms with van der Waals surface area (Å²) in [6.07, 6.45) is -1.07. The lowest BCUT2D eigenvalue weighted by atomic mass is 10.1. The maximum atomic E-state index is 12.6. The number of H-pyrrole nitrogens is 1. The lowest BCUT2D eigenvalue weighted by molar-refractivity contribution is -0.137. The molecule has 3 aromatic rings. The van der Waals surface area contributed by atoms with Crippen LogP contribution in [0.2, 0.25) is 0 Å². The number of nitrogens with one attached hydrogen (secondary N) is 1. The average Bonchev–Trinajstić information content (AvgIpc) is 3.02. The van der Waals surface area contributed by atoms with Crippen molar-refractivity contribution in [2.75, 3.05) is 0 Å². The van der Waals surface area contributed by atoms with Crippen molar-refractivity contribution in [3.8, 4) is 11.3 Å². The molecular formula is C17H15F3N4O. The zero-order valence-electron chi connectivity index (χ0n) is 13.5. The quantitative estimate of drug-likeness (QED) is 0.787. The largest absolute Gasteiger partial charge is 0.416 e. The van der Waals surface area contributed by atoms with Gasteiger partial charge in [0.05, 0.1) is 23.5 Å². The van der Waals surface area contributed by atoms with Crippen LogP contribution >= 0.6 is 0 Å². The first-order valence-corrected chi connectivity index (χ1v) is 7.53. The van der Waals surface area contributed by atoms with Crippen LogP contribution in [0.5, 0.6) is 0 Å². The monoisotopic (exact) mass is 348 g/mol. The smallest absolute Gasteiger partial charge is 0.311 e. The molecular weight excluding hydrogens is 333 g/mol. The molecule has 0 aliphatic carbocycles. The van der Waals surface area contributed by atoms with E-state index in [1.165, 1.54) is 18.2 Å². The summed E-state index contributed by atoms with van der Waals surface area (Å²) in [5.41, 5.74) is 0.900. The van der Waals surface area contributed by atoms with Crippen molar-refractivity contribution in [1.82, 2.24) is 19.7 Å². The normalized spacial score (nSPS) is 13.0. The molecule has 1 atom stereocenters. The SMILES string of the molecule is Cc1nc(-c2cnn(C(C)c3ccc(C(F)(F)F)cc3)c2)cc(=O)[nH]1. The Balaban J connectivity index is 1.87. The van der Waals surface area contributed by atoms with E-state index >= 15 is 0 Å². The van der Waals surface area contributed by atoms with E-state index in [0.717, 1.165) is 12.1 Å². The minimum Gasteiger partial charge on any atom is -0.311 e. The van der Waals surface area contributed by atoms with E-state index in [9.17, 15) is 18.0 Å². The highest BCUT2D eigenvalue weighted by Gasteiger charge is 2.30. The maximum Gasteiger partial charge on any atom is 0.416 e. The molecule has 0 aliphatic rings. The summed E-state index contributed by atoms with van der Waals surface area (Å²) >= 11 is 0. The molecule has 0 aliphatic heterocycles. The molecule has 0 amide bonds. The number of rotatable bonds is 3.